The quantitative estimate of drug-likeness (QED) is 0.818. The maximum Gasteiger partial charge on any atom is 0.262 e. The van der Waals surface area contributed by atoms with Gasteiger partial charge >= 0.3 is 0 Å². The van der Waals surface area contributed by atoms with E-state index in [1.165, 1.54) is 4.88 Å². The number of para-hydroxylation sites is 2. The van der Waals surface area contributed by atoms with Gasteiger partial charge in [0.2, 0.25) is 5.91 Å². The van der Waals surface area contributed by atoms with Crippen molar-refractivity contribution in [1.29, 1.82) is 0 Å². The predicted molar refractivity (Wildman–Crippen MR) is 98.2 cm³/mol. The first-order valence-corrected chi connectivity index (χ1v) is 9.06. The Morgan fingerprint density at radius 3 is 2.88 bits per heavy atom. The lowest BCUT2D eigenvalue weighted by molar-refractivity contribution is -0.127. The first-order chi connectivity index (χ1) is 12.2. The van der Waals surface area contributed by atoms with E-state index in [1.54, 1.807) is 18.4 Å². The number of amides is 2. The van der Waals surface area contributed by atoms with Gasteiger partial charge in [0.15, 0.2) is 6.10 Å². The van der Waals surface area contributed by atoms with Crippen molar-refractivity contribution in [2.75, 3.05) is 31.6 Å². The number of carbonyl (C=O) groups is 2. The largest absolute Gasteiger partial charge is 0.477 e. The van der Waals surface area contributed by atoms with E-state index in [2.05, 4.69) is 16.7 Å². The van der Waals surface area contributed by atoms with Crippen molar-refractivity contribution in [2.24, 2.45) is 0 Å². The highest BCUT2D eigenvalue weighted by Gasteiger charge is 2.30. The predicted octanol–water partition coefficient (Wildman–Crippen LogP) is 1.42. The average molecular weight is 359 g/mol. The van der Waals surface area contributed by atoms with E-state index in [0.29, 0.717) is 18.8 Å². The Kier molecular flexibility index (Phi) is 5.55. The summed E-state index contributed by atoms with van der Waals surface area (Å²) < 4.78 is 5.74. The minimum atomic E-state index is -0.626. The molecule has 2 aromatic rings. The van der Waals surface area contributed by atoms with Gasteiger partial charge in [0.1, 0.15) is 5.75 Å². The molecule has 0 saturated heterocycles. The number of hydrogen-bond acceptors (Lipinski definition) is 5. The first-order valence-electron chi connectivity index (χ1n) is 8.18. The maximum atomic E-state index is 12.3. The molecule has 2 N–H and O–H groups in total. The van der Waals surface area contributed by atoms with Gasteiger partial charge in [-0.05, 0) is 30.0 Å². The van der Waals surface area contributed by atoms with Gasteiger partial charge in [-0.3, -0.25) is 9.59 Å². The Hall–Kier alpha value is -2.54. The van der Waals surface area contributed by atoms with Gasteiger partial charge in [-0.25, -0.2) is 0 Å². The molecule has 1 aromatic carbocycles. The molecule has 2 amide bonds. The average Bonchev–Trinajstić information content (AvgIpc) is 3.14. The van der Waals surface area contributed by atoms with Gasteiger partial charge in [-0.2, -0.15) is 0 Å². The second kappa shape index (κ2) is 8.02. The van der Waals surface area contributed by atoms with E-state index in [-0.39, 0.29) is 18.4 Å². The van der Waals surface area contributed by atoms with Crippen LogP contribution in [0.3, 0.4) is 0 Å². The van der Waals surface area contributed by atoms with Gasteiger partial charge in [0.05, 0.1) is 18.8 Å². The van der Waals surface area contributed by atoms with Crippen molar-refractivity contribution in [3.05, 3.63) is 46.7 Å². The highest BCUT2D eigenvalue weighted by molar-refractivity contribution is 7.09. The lowest BCUT2D eigenvalue weighted by Crippen LogP contribution is -2.50. The first kappa shape index (κ1) is 17.3. The topological polar surface area (TPSA) is 70.7 Å². The SMILES string of the molecule is CNC(=O)[C@@H]1CN(CC(=O)NCCc2cccs2)c2ccccc2O1. The number of fused-ring (bicyclic) bond motifs is 1. The molecule has 1 aromatic heterocycles. The van der Waals surface area contributed by atoms with Gasteiger partial charge in [-0.1, -0.05) is 18.2 Å². The van der Waals surface area contributed by atoms with Crippen molar-refractivity contribution < 1.29 is 14.3 Å². The molecule has 3 rings (SSSR count). The van der Waals surface area contributed by atoms with E-state index >= 15 is 0 Å². The molecule has 0 saturated carbocycles. The lowest BCUT2D eigenvalue weighted by atomic mass is 10.1. The van der Waals surface area contributed by atoms with E-state index in [4.69, 9.17) is 4.74 Å². The summed E-state index contributed by atoms with van der Waals surface area (Å²) in [5.74, 6) is 0.357. The number of anilines is 1. The minimum absolute atomic E-state index is 0.0658. The second-order valence-electron chi connectivity index (χ2n) is 5.75. The fraction of sp³-hybridized carbons (Fsp3) is 0.333. The van der Waals surface area contributed by atoms with Gasteiger partial charge < -0.3 is 20.3 Å². The Morgan fingerprint density at radius 2 is 2.12 bits per heavy atom. The van der Waals surface area contributed by atoms with Gasteiger partial charge in [0.25, 0.3) is 5.91 Å². The van der Waals surface area contributed by atoms with Crippen molar-refractivity contribution in [3.63, 3.8) is 0 Å². The molecule has 6 nitrogen and oxygen atoms in total. The number of nitrogens with one attached hydrogen (secondary N) is 2. The molecule has 132 valence electrons. The van der Waals surface area contributed by atoms with Crippen LogP contribution in [0.4, 0.5) is 5.69 Å². The zero-order chi connectivity index (χ0) is 17.6. The molecule has 0 radical (unpaired) electrons. The second-order valence-corrected chi connectivity index (χ2v) is 6.78. The summed E-state index contributed by atoms with van der Waals surface area (Å²) in [5.41, 5.74) is 0.830. The van der Waals surface area contributed by atoms with Crippen molar-refractivity contribution >= 4 is 28.8 Å². The van der Waals surface area contributed by atoms with Crippen LogP contribution in [0.15, 0.2) is 41.8 Å². The molecule has 25 heavy (non-hydrogen) atoms. The molecular weight excluding hydrogens is 338 g/mol. The number of likely N-dealkylation sites (N-methyl/N-ethyl adjacent to an activating group) is 1. The van der Waals surface area contributed by atoms with E-state index in [0.717, 1.165) is 12.1 Å². The Balaban J connectivity index is 1.61. The minimum Gasteiger partial charge on any atom is -0.477 e. The van der Waals surface area contributed by atoms with Crippen LogP contribution >= 0.6 is 11.3 Å². The smallest absolute Gasteiger partial charge is 0.262 e. The Labute approximate surface area is 150 Å². The number of thiophene rings is 1. The standard InChI is InChI=1S/C18H21N3O3S/c1-19-18(23)16-11-21(14-6-2-3-7-15(14)24-16)12-17(22)20-9-8-13-5-4-10-25-13/h2-7,10,16H,8-9,11-12H2,1H3,(H,19,23)(H,20,22)/t16-/m0/s1. The zero-order valence-corrected chi connectivity index (χ0v) is 14.8. The third kappa shape index (κ3) is 4.30. The van der Waals surface area contributed by atoms with E-state index < -0.39 is 6.10 Å². The lowest BCUT2D eigenvalue weighted by Gasteiger charge is -2.34. The van der Waals surface area contributed by atoms with E-state index in [9.17, 15) is 9.59 Å². The number of benzene rings is 1. The van der Waals surface area contributed by atoms with Crippen LogP contribution in [0, 0.1) is 0 Å². The molecular formula is C18H21N3O3S. The summed E-state index contributed by atoms with van der Waals surface area (Å²) in [4.78, 5) is 27.4. The zero-order valence-electron chi connectivity index (χ0n) is 14.0. The molecule has 7 heteroatoms. The highest BCUT2D eigenvalue weighted by atomic mass is 32.1. The Bertz CT molecular complexity index is 733. The summed E-state index contributed by atoms with van der Waals surface area (Å²) in [6, 6.07) is 11.5. The molecule has 0 spiro atoms. The maximum absolute atomic E-state index is 12.3. The Morgan fingerprint density at radius 1 is 1.28 bits per heavy atom. The molecule has 1 aliphatic rings. The molecule has 0 aliphatic carbocycles. The van der Waals surface area contributed by atoms with Crippen LogP contribution in [0.5, 0.6) is 5.75 Å². The molecule has 1 atom stereocenters. The molecule has 1 aliphatic heterocycles. The fourth-order valence-electron chi connectivity index (χ4n) is 2.76. The van der Waals surface area contributed by atoms with Crippen LogP contribution in [-0.4, -0.2) is 44.6 Å². The number of hydrogen-bond donors (Lipinski definition) is 2. The molecule has 0 fully saturated rings. The number of carbonyl (C=O) groups excluding carboxylic acids is 2. The molecule has 0 unspecified atom stereocenters. The normalized spacial score (nSPS) is 15.9. The van der Waals surface area contributed by atoms with Crippen LogP contribution in [0.1, 0.15) is 4.88 Å². The summed E-state index contributed by atoms with van der Waals surface area (Å²) in [7, 11) is 1.58. The van der Waals surface area contributed by atoms with Crippen LogP contribution in [0.25, 0.3) is 0 Å². The number of rotatable bonds is 6. The van der Waals surface area contributed by atoms with E-state index in [1.807, 2.05) is 40.6 Å². The monoisotopic (exact) mass is 359 g/mol. The number of nitrogens with zero attached hydrogens (tertiary/aromatic N) is 1. The van der Waals surface area contributed by atoms with Gasteiger partial charge in [0, 0.05) is 18.5 Å². The molecule has 0 bridgehead atoms. The van der Waals surface area contributed by atoms with Crippen molar-refractivity contribution in [1.82, 2.24) is 10.6 Å². The van der Waals surface area contributed by atoms with Crippen molar-refractivity contribution in [2.45, 2.75) is 12.5 Å². The van der Waals surface area contributed by atoms with Crippen LogP contribution < -0.4 is 20.3 Å². The number of ether oxygens (including phenoxy) is 1. The third-order valence-electron chi connectivity index (χ3n) is 4.01. The summed E-state index contributed by atoms with van der Waals surface area (Å²) in [5, 5.41) is 7.57. The summed E-state index contributed by atoms with van der Waals surface area (Å²) in [6.45, 7) is 1.14. The summed E-state index contributed by atoms with van der Waals surface area (Å²) in [6.07, 6.45) is 0.197. The van der Waals surface area contributed by atoms with Crippen LogP contribution in [-0.2, 0) is 16.0 Å². The van der Waals surface area contributed by atoms with Gasteiger partial charge in [-0.15, -0.1) is 11.3 Å². The van der Waals surface area contributed by atoms with Crippen LogP contribution in [0.2, 0.25) is 0 Å². The highest BCUT2D eigenvalue weighted by Crippen LogP contribution is 2.32. The fourth-order valence-corrected chi connectivity index (χ4v) is 3.47. The molecule has 2 heterocycles. The summed E-state index contributed by atoms with van der Waals surface area (Å²) >= 11 is 1.68. The third-order valence-corrected chi connectivity index (χ3v) is 4.94. The van der Waals surface area contributed by atoms with Crippen molar-refractivity contribution in [3.8, 4) is 5.75 Å².